The minimum atomic E-state index is -0.958. The molecular weight excluding hydrogens is 705 g/mol. The van der Waals surface area contributed by atoms with E-state index in [1.54, 1.807) is 6.07 Å². The van der Waals surface area contributed by atoms with Gasteiger partial charge in [-0.3, -0.25) is 19.3 Å². The summed E-state index contributed by atoms with van der Waals surface area (Å²) in [4.78, 5) is 45.5. The predicted molar refractivity (Wildman–Crippen MR) is 215 cm³/mol. The number of aliphatic hydroxyl groups is 2. The first-order valence-electron chi connectivity index (χ1n) is 20.1. The molecule has 6 atom stereocenters. The molecule has 1 aliphatic carbocycles. The van der Waals surface area contributed by atoms with E-state index in [2.05, 4.69) is 27.7 Å². The van der Waals surface area contributed by atoms with E-state index in [1.807, 2.05) is 95.9 Å². The van der Waals surface area contributed by atoms with E-state index in [1.165, 1.54) is 0 Å². The highest BCUT2D eigenvalue weighted by molar-refractivity contribution is 5.94. The number of fused-ring (bicyclic) bond motifs is 1. The fraction of sp³-hybridized carbons (Fsp3) is 0.413. The Bertz CT molecular complexity index is 1920. The summed E-state index contributed by atoms with van der Waals surface area (Å²) in [6, 6.07) is 34.5. The summed E-state index contributed by atoms with van der Waals surface area (Å²) < 4.78 is 5.42. The molecule has 4 aromatic carbocycles. The molecule has 0 unspecified atom stereocenters. The van der Waals surface area contributed by atoms with Crippen LogP contribution in [0, 0.1) is 11.8 Å². The van der Waals surface area contributed by atoms with Crippen molar-refractivity contribution in [2.24, 2.45) is 11.8 Å². The molecule has 4 aromatic rings. The summed E-state index contributed by atoms with van der Waals surface area (Å²) in [7, 11) is 0. The van der Waals surface area contributed by atoms with Crippen LogP contribution in [0.2, 0.25) is 0 Å². The molecule has 4 N–H and O–H groups in total. The van der Waals surface area contributed by atoms with Gasteiger partial charge in [-0.1, -0.05) is 97.1 Å². The Morgan fingerprint density at radius 3 is 2.30 bits per heavy atom. The standard InChI is InChI=1S/C46H54N4O6/c51-40(29-37(24-32-10-3-1-4-11-32)45(54)48-43-41-17-8-7-15-35(41)30-42(43)52)31-50-39(27-33-12-5-2-6-13-33)28-38(46(50)55)26-34-14-9-16-36(25-34)44(53)47-18-19-49-20-22-56-23-21-49/h1-17,25,37-40,42-43,51-52H,18-24,26-31H2,(H,47,53)(H,48,54)/t37-,38-,39-,40-,42+,43-/m0/s1. The van der Waals surface area contributed by atoms with Gasteiger partial charge in [0.15, 0.2) is 0 Å². The molecule has 0 radical (unpaired) electrons. The lowest BCUT2D eigenvalue weighted by atomic mass is 9.91. The monoisotopic (exact) mass is 758 g/mol. The Morgan fingerprint density at radius 1 is 0.839 bits per heavy atom. The Kier molecular flexibility index (Phi) is 13.2. The molecule has 10 nitrogen and oxygen atoms in total. The molecule has 2 heterocycles. The zero-order valence-corrected chi connectivity index (χ0v) is 32.0. The van der Waals surface area contributed by atoms with Crippen LogP contribution in [0.15, 0.2) is 109 Å². The van der Waals surface area contributed by atoms with Crippen molar-refractivity contribution in [1.82, 2.24) is 20.4 Å². The molecular formula is C46H54N4O6. The maximum absolute atomic E-state index is 14.3. The lowest BCUT2D eigenvalue weighted by Crippen LogP contribution is -2.43. The number of nitrogens with one attached hydrogen (secondary N) is 2. The maximum atomic E-state index is 14.3. The summed E-state index contributed by atoms with van der Waals surface area (Å²) in [5.74, 6) is -1.30. The topological polar surface area (TPSA) is 131 Å². The Morgan fingerprint density at radius 2 is 1.54 bits per heavy atom. The fourth-order valence-corrected chi connectivity index (χ4v) is 8.67. The number of morpholine rings is 1. The van der Waals surface area contributed by atoms with Crippen molar-refractivity contribution in [2.45, 2.75) is 62.8 Å². The van der Waals surface area contributed by atoms with E-state index < -0.39 is 24.2 Å². The van der Waals surface area contributed by atoms with Crippen LogP contribution in [0.25, 0.3) is 0 Å². The van der Waals surface area contributed by atoms with Gasteiger partial charge >= 0.3 is 0 Å². The third-order valence-corrected chi connectivity index (χ3v) is 11.6. The molecule has 0 aromatic heterocycles. The highest BCUT2D eigenvalue weighted by atomic mass is 16.5. The van der Waals surface area contributed by atoms with E-state index in [0.717, 1.165) is 47.5 Å². The van der Waals surface area contributed by atoms with Gasteiger partial charge in [0.2, 0.25) is 11.8 Å². The Labute approximate surface area is 329 Å². The Balaban J connectivity index is 1.03. The number of aliphatic hydroxyl groups excluding tert-OH is 2. The van der Waals surface area contributed by atoms with Crippen LogP contribution in [0.3, 0.4) is 0 Å². The van der Waals surface area contributed by atoms with Crippen LogP contribution in [-0.4, -0.2) is 102 Å². The van der Waals surface area contributed by atoms with Crippen molar-refractivity contribution in [2.75, 3.05) is 45.9 Å². The normalized spacial score (nSPS) is 22.0. The van der Waals surface area contributed by atoms with Gasteiger partial charge in [-0.25, -0.2) is 0 Å². The van der Waals surface area contributed by atoms with Gasteiger partial charge < -0.3 is 30.5 Å². The van der Waals surface area contributed by atoms with Gasteiger partial charge in [0.05, 0.1) is 31.5 Å². The van der Waals surface area contributed by atoms with Crippen molar-refractivity contribution >= 4 is 17.7 Å². The number of nitrogens with zero attached hydrogens (tertiary/aromatic N) is 2. The highest BCUT2D eigenvalue weighted by Crippen LogP contribution is 2.33. The minimum absolute atomic E-state index is 0.0277. The molecule has 2 saturated heterocycles. The number of carbonyl (C=O) groups excluding carboxylic acids is 3. The molecule has 2 fully saturated rings. The van der Waals surface area contributed by atoms with E-state index >= 15 is 0 Å². The number of hydrogen-bond acceptors (Lipinski definition) is 7. The van der Waals surface area contributed by atoms with E-state index in [0.29, 0.717) is 57.4 Å². The second-order valence-corrected chi connectivity index (χ2v) is 15.6. The van der Waals surface area contributed by atoms with Crippen molar-refractivity contribution in [3.63, 3.8) is 0 Å². The smallest absolute Gasteiger partial charge is 0.251 e. The summed E-state index contributed by atoms with van der Waals surface area (Å²) in [6.07, 6.45) is 1.09. The van der Waals surface area contributed by atoms with Crippen LogP contribution >= 0.6 is 0 Å². The number of β-amino-alcohol motifs (C(OH)–C–C–N with tert-alkyl or cyclic N) is 1. The number of benzene rings is 4. The molecule has 0 spiro atoms. The van der Waals surface area contributed by atoms with Crippen LogP contribution in [0.4, 0.5) is 0 Å². The first kappa shape index (κ1) is 39.4. The molecule has 3 aliphatic rings. The van der Waals surface area contributed by atoms with Gasteiger partial charge in [0, 0.05) is 62.6 Å². The van der Waals surface area contributed by atoms with Crippen molar-refractivity contribution in [1.29, 1.82) is 0 Å². The van der Waals surface area contributed by atoms with Gasteiger partial charge in [0.25, 0.3) is 5.91 Å². The summed E-state index contributed by atoms with van der Waals surface area (Å²) in [5, 5.41) is 28.8. The van der Waals surface area contributed by atoms with Crippen molar-refractivity contribution in [3.8, 4) is 0 Å². The third kappa shape index (κ3) is 10.1. The zero-order valence-electron chi connectivity index (χ0n) is 32.0. The molecule has 3 amide bonds. The second kappa shape index (κ2) is 18.8. The average Bonchev–Trinajstić information content (AvgIpc) is 3.68. The summed E-state index contributed by atoms with van der Waals surface area (Å²) >= 11 is 0. The maximum Gasteiger partial charge on any atom is 0.251 e. The van der Waals surface area contributed by atoms with Gasteiger partial charge in [-0.2, -0.15) is 0 Å². The largest absolute Gasteiger partial charge is 0.391 e. The Hall–Kier alpha value is -4.87. The first-order chi connectivity index (χ1) is 27.3. The van der Waals surface area contributed by atoms with E-state index in [9.17, 15) is 24.6 Å². The number of rotatable bonds is 16. The van der Waals surface area contributed by atoms with Crippen LogP contribution in [0.5, 0.6) is 0 Å². The summed E-state index contributed by atoms with van der Waals surface area (Å²) in [5.41, 5.74) is 5.50. The van der Waals surface area contributed by atoms with Crippen molar-refractivity contribution in [3.05, 3.63) is 143 Å². The van der Waals surface area contributed by atoms with E-state index in [-0.39, 0.29) is 42.6 Å². The molecule has 7 rings (SSSR count). The number of carbonyl (C=O) groups is 3. The van der Waals surface area contributed by atoms with Gasteiger partial charge in [-0.15, -0.1) is 0 Å². The van der Waals surface area contributed by atoms with Crippen molar-refractivity contribution < 1.29 is 29.3 Å². The van der Waals surface area contributed by atoms with E-state index in [4.69, 9.17) is 4.74 Å². The minimum Gasteiger partial charge on any atom is -0.391 e. The summed E-state index contributed by atoms with van der Waals surface area (Å²) in [6.45, 7) is 4.58. The van der Waals surface area contributed by atoms with Gasteiger partial charge in [0.1, 0.15) is 0 Å². The molecule has 0 saturated carbocycles. The van der Waals surface area contributed by atoms with Gasteiger partial charge in [-0.05, 0) is 72.1 Å². The molecule has 2 aliphatic heterocycles. The lowest BCUT2D eigenvalue weighted by molar-refractivity contribution is -0.133. The SMILES string of the molecule is O=C(NCCN1CCOCC1)c1cccc(C[C@H]2C[C@H](Cc3ccccc3)N(C[C@@H](O)C[C@H](Cc3ccccc3)C(=O)N[C@H]3c4ccccc4C[C@H]3O)C2=O)c1. The number of ether oxygens (including phenoxy) is 1. The number of hydrogen-bond donors (Lipinski definition) is 4. The zero-order chi connectivity index (χ0) is 38.9. The van der Waals surface area contributed by atoms with Crippen LogP contribution in [-0.2, 0) is 40.0 Å². The first-order valence-corrected chi connectivity index (χ1v) is 20.1. The molecule has 10 heteroatoms. The average molecular weight is 759 g/mol. The molecule has 294 valence electrons. The third-order valence-electron chi connectivity index (χ3n) is 11.6. The van der Waals surface area contributed by atoms with Crippen LogP contribution < -0.4 is 10.6 Å². The second-order valence-electron chi connectivity index (χ2n) is 15.6. The quantitative estimate of drug-likeness (QED) is 0.135. The number of likely N-dealkylation sites (tertiary alicyclic amines) is 1. The fourth-order valence-electron chi connectivity index (χ4n) is 8.67. The molecule has 0 bridgehead atoms. The predicted octanol–water partition coefficient (Wildman–Crippen LogP) is 4.14. The highest BCUT2D eigenvalue weighted by Gasteiger charge is 2.41. The molecule has 56 heavy (non-hydrogen) atoms. The number of amides is 3. The lowest BCUT2D eigenvalue weighted by Gasteiger charge is -2.29. The van der Waals surface area contributed by atoms with Crippen LogP contribution in [0.1, 0.15) is 57.1 Å².